The standard InChI is InChI=1S/C14H18/c1-5-7-11-14(9-6-2)12-8-10-13(3)4/h5,8,12H,1,7,11H2,2-4H3/b14-12+. The molecule has 0 aromatic rings. The van der Waals surface area contributed by atoms with E-state index in [0.717, 1.165) is 18.4 Å². The zero-order valence-electron chi connectivity index (χ0n) is 9.35. The van der Waals surface area contributed by atoms with Crippen molar-refractivity contribution in [3.63, 3.8) is 0 Å². The molecule has 0 aliphatic carbocycles. The summed E-state index contributed by atoms with van der Waals surface area (Å²) in [6, 6.07) is 0. The van der Waals surface area contributed by atoms with E-state index in [-0.39, 0.29) is 0 Å². The summed E-state index contributed by atoms with van der Waals surface area (Å²) in [6.45, 7) is 9.60. The first kappa shape index (κ1) is 12.6. The number of hydrogen-bond donors (Lipinski definition) is 0. The Labute approximate surface area is 87.7 Å². The number of hydrogen-bond acceptors (Lipinski definition) is 0. The van der Waals surface area contributed by atoms with E-state index in [4.69, 9.17) is 0 Å². The largest absolute Gasteiger partial charge is 0.122 e. The molecule has 0 spiro atoms. The number of rotatable bonds is 4. The lowest BCUT2D eigenvalue weighted by Crippen LogP contribution is -1.77. The fraction of sp³-hybridized carbons (Fsp3) is 0.357. The van der Waals surface area contributed by atoms with Crippen molar-refractivity contribution in [3.8, 4) is 11.8 Å². The van der Waals surface area contributed by atoms with Gasteiger partial charge in [0, 0.05) is 5.57 Å². The molecule has 0 aromatic carbocycles. The minimum absolute atomic E-state index is 0.964. The van der Waals surface area contributed by atoms with Gasteiger partial charge in [0.15, 0.2) is 0 Å². The summed E-state index contributed by atoms with van der Waals surface area (Å²) in [4.78, 5) is 0. The van der Waals surface area contributed by atoms with Crippen LogP contribution in [0.2, 0.25) is 0 Å². The van der Waals surface area contributed by atoms with Crippen LogP contribution in [-0.4, -0.2) is 0 Å². The normalized spacial score (nSPS) is 9.50. The summed E-state index contributed by atoms with van der Waals surface area (Å²) >= 11 is 0. The van der Waals surface area contributed by atoms with Crippen molar-refractivity contribution in [2.45, 2.75) is 33.6 Å². The third kappa shape index (κ3) is 7.22. The van der Waals surface area contributed by atoms with Crippen LogP contribution in [0.3, 0.4) is 0 Å². The van der Waals surface area contributed by atoms with Gasteiger partial charge in [0.05, 0.1) is 0 Å². The molecule has 0 saturated carbocycles. The van der Waals surface area contributed by atoms with E-state index in [9.17, 15) is 0 Å². The van der Waals surface area contributed by atoms with E-state index in [1.54, 1.807) is 0 Å². The lowest BCUT2D eigenvalue weighted by molar-refractivity contribution is 1.02. The maximum atomic E-state index is 3.70. The molecule has 0 bridgehead atoms. The van der Waals surface area contributed by atoms with Crippen molar-refractivity contribution in [2.24, 2.45) is 0 Å². The quantitative estimate of drug-likeness (QED) is 0.269. The van der Waals surface area contributed by atoms with Crippen molar-refractivity contribution in [3.05, 3.63) is 41.7 Å². The van der Waals surface area contributed by atoms with Crippen LogP contribution >= 0.6 is 0 Å². The lowest BCUT2D eigenvalue weighted by Gasteiger charge is -1.93. The molecule has 0 heteroatoms. The summed E-state index contributed by atoms with van der Waals surface area (Å²) in [6.07, 6.45) is 7.80. The molecule has 0 radical (unpaired) electrons. The second-order valence-corrected chi connectivity index (χ2v) is 3.21. The fourth-order valence-corrected chi connectivity index (χ4v) is 0.915. The summed E-state index contributed by atoms with van der Waals surface area (Å²) in [5.41, 5.74) is 5.45. The summed E-state index contributed by atoms with van der Waals surface area (Å²) in [5.74, 6) is 5.98. The monoisotopic (exact) mass is 186 g/mol. The first-order chi connectivity index (χ1) is 6.70. The van der Waals surface area contributed by atoms with Gasteiger partial charge in [-0.2, -0.15) is 0 Å². The highest BCUT2D eigenvalue weighted by Crippen LogP contribution is 2.04. The Hall–Kier alpha value is -1.44. The highest BCUT2D eigenvalue weighted by atomic mass is 13.9. The van der Waals surface area contributed by atoms with Crippen LogP contribution in [0, 0.1) is 11.8 Å². The Kier molecular flexibility index (Phi) is 7.33. The van der Waals surface area contributed by atoms with Gasteiger partial charge in [-0.1, -0.05) is 12.0 Å². The minimum atomic E-state index is 0.964. The van der Waals surface area contributed by atoms with Gasteiger partial charge in [0.1, 0.15) is 0 Å². The maximum absolute atomic E-state index is 3.70. The smallest absolute Gasteiger partial charge is 0.00293 e. The molecular weight excluding hydrogens is 168 g/mol. The van der Waals surface area contributed by atoms with Crippen LogP contribution in [0.25, 0.3) is 0 Å². The molecule has 0 N–H and O–H groups in total. The predicted molar refractivity (Wildman–Crippen MR) is 63.9 cm³/mol. The van der Waals surface area contributed by atoms with E-state index in [0.29, 0.717) is 0 Å². The SMILES string of the molecule is C=CCC/C(C#CC)=C/C=C=C(C)C. The molecule has 0 rings (SSSR count). The molecule has 0 saturated heterocycles. The highest BCUT2D eigenvalue weighted by molar-refractivity contribution is 5.31. The molecule has 0 fully saturated rings. The van der Waals surface area contributed by atoms with Crippen LogP contribution < -0.4 is 0 Å². The Balaban J connectivity index is 4.53. The van der Waals surface area contributed by atoms with Crippen molar-refractivity contribution in [1.29, 1.82) is 0 Å². The first-order valence-corrected chi connectivity index (χ1v) is 4.83. The van der Waals surface area contributed by atoms with Crippen LogP contribution in [0.15, 0.2) is 41.7 Å². The number of allylic oxidation sites excluding steroid dienone is 4. The molecule has 74 valence electrons. The van der Waals surface area contributed by atoms with Crippen molar-refractivity contribution >= 4 is 0 Å². The molecule has 0 aliphatic rings. The predicted octanol–water partition coefficient (Wildman–Crippen LogP) is 4.02. The Morgan fingerprint density at radius 2 is 2.07 bits per heavy atom. The molecule has 0 unspecified atom stereocenters. The van der Waals surface area contributed by atoms with Gasteiger partial charge in [0.25, 0.3) is 0 Å². The van der Waals surface area contributed by atoms with Gasteiger partial charge in [-0.05, 0) is 51.3 Å². The van der Waals surface area contributed by atoms with Gasteiger partial charge < -0.3 is 0 Å². The van der Waals surface area contributed by atoms with Gasteiger partial charge in [-0.15, -0.1) is 18.2 Å². The average Bonchev–Trinajstić information content (AvgIpc) is 2.13. The molecule has 0 aromatic heterocycles. The minimum Gasteiger partial charge on any atom is -0.122 e. The van der Waals surface area contributed by atoms with E-state index < -0.39 is 0 Å². The molecule has 0 aliphatic heterocycles. The van der Waals surface area contributed by atoms with Crippen molar-refractivity contribution in [2.75, 3.05) is 0 Å². The van der Waals surface area contributed by atoms with Crippen LogP contribution in [0.4, 0.5) is 0 Å². The third-order valence-electron chi connectivity index (χ3n) is 1.56. The zero-order valence-corrected chi connectivity index (χ0v) is 9.35. The molecule has 14 heavy (non-hydrogen) atoms. The van der Waals surface area contributed by atoms with E-state index >= 15 is 0 Å². The molecule has 0 heterocycles. The molecule has 0 amide bonds. The third-order valence-corrected chi connectivity index (χ3v) is 1.56. The summed E-state index contributed by atoms with van der Waals surface area (Å²) in [5, 5.41) is 0. The van der Waals surface area contributed by atoms with Gasteiger partial charge in [-0.3, -0.25) is 0 Å². The second kappa shape index (κ2) is 8.17. The van der Waals surface area contributed by atoms with Crippen LogP contribution in [0.1, 0.15) is 33.6 Å². The Bertz CT molecular complexity index is 319. The van der Waals surface area contributed by atoms with E-state index in [1.165, 1.54) is 5.57 Å². The van der Waals surface area contributed by atoms with E-state index in [2.05, 4.69) is 24.2 Å². The Morgan fingerprint density at radius 3 is 2.57 bits per heavy atom. The van der Waals surface area contributed by atoms with Crippen molar-refractivity contribution < 1.29 is 0 Å². The zero-order chi connectivity index (χ0) is 10.8. The van der Waals surface area contributed by atoms with Gasteiger partial charge in [-0.25, -0.2) is 0 Å². The molecule has 0 nitrogen and oxygen atoms in total. The maximum Gasteiger partial charge on any atom is 0.00293 e. The lowest BCUT2D eigenvalue weighted by atomic mass is 10.1. The van der Waals surface area contributed by atoms with Gasteiger partial charge >= 0.3 is 0 Å². The van der Waals surface area contributed by atoms with Crippen LogP contribution in [0.5, 0.6) is 0 Å². The van der Waals surface area contributed by atoms with Crippen molar-refractivity contribution in [1.82, 2.24) is 0 Å². The van der Waals surface area contributed by atoms with E-state index in [1.807, 2.05) is 39.0 Å². The topological polar surface area (TPSA) is 0 Å². The average molecular weight is 186 g/mol. The van der Waals surface area contributed by atoms with Gasteiger partial charge in [0.2, 0.25) is 0 Å². The molecule has 0 atom stereocenters. The van der Waals surface area contributed by atoms with Crippen LogP contribution in [-0.2, 0) is 0 Å². The molecular formula is C14H18. The summed E-state index contributed by atoms with van der Waals surface area (Å²) in [7, 11) is 0. The summed E-state index contributed by atoms with van der Waals surface area (Å²) < 4.78 is 0. The highest BCUT2D eigenvalue weighted by Gasteiger charge is 1.88. The fourth-order valence-electron chi connectivity index (χ4n) is 0.915. The Morgan fingerprint density at radius 1 is 1.36 bits per heavy atom. The first-order valence-electron chi connectivity index (χ1n) is 4.83. The second-order valence-electron chi connectivity index (χ2n) is 3.21.